The molecule has 2 rings (SSSR count). The summed E-state index contributed by atoms with van der Waals surface area (Å²) in [6, 6.07) is 13.4. The zero-order valence-electron chi connectivity index (χ0n) is 10.2. The average Bonchev–Trinajstić information content (AvgIpc) is 2.47. The van der Waals surface area contributed by atoms with Crippen molar-refractivity contribution in [3.05, 3.63) is 53.6 Å². The van der Waals surface area contributed by atoms with Gasteiger partial charge in [0.25, 0.3) is 0 Å². The number of nitriles is 2. The van der Waals surface area contributed by atoms with Gasteiger partial charge >= 0.3 is 0 Å². The topological polar surface area (TPSA) is 106 Å². The lowest BCUT2D eigenvalue weighted by atomic mass is 10.1. The van der Waals surface area contributed by atoms with E-state index in [0.29, 0.717) is 0 Å². The maximum Gasteiger partial charge on any atom is 0.208 e. The summed E-state index contributed by atoms with van der Waals surface area (Å²) in [5, 5.41) is 17.8. The Morgan fingerprint density at radius 2 is 1.50 bits per heavy atom. The summed E-state index contributed by atoms with van der Waals surface area (Å²) >= 11 is 0. The van der Waals surface area contributed by atoms with E-state index in [4.69, 9.17) is 16.3 Å². The van der Waals surface area contributed by atoms with Crippen LogP contribution in [0, 0.1) is 22.7 Å². The molecule has 0 heterocycles. The predicted octanol–water partition coefficient (Wildman–Crippen LogP) is 2.18. The van der Waals surface area contributed by atoms with Gasteiger partial charge in [0, 0.05) is 0 Å². The maximum atomic E-state index is 12.4. The van der Waals surface area contributed by atoms with Crippen molar-refractivity contribution in [2.75, 3.05) is 0 Å². The van der Waals surface area contributed by atoms with Crippen LogP contribution < -0.4 is 5.73 Å². The highest BCUT2D eigenvalue weighted by Gasteiger charge is 2.22. The molecule has 0 atom stereocenters. The van der Waals surface area contributed by atoms with Crippen molar-refractivity contribution in [3.8, 4) is 12.1 Å². The lowest BCUT2D eigenvalue weighted by molar-refractivity contribution is 0.596. The van der Waals surface area contributed by atoms with Crippen molar-refractivity contribution in [1.29, 1.82) is 10.5 Å². The van der Waals surface area contributed by atoms with Crippen molar-refractivity contribution >= 4 is 15.5 Å². The average molecular weight is 282 g/mol. The third kappa shape index (κ3) is 2.20. The predicted molar refractivity (Wildman–Crippen MR) is 70.5 cm³/mol. The van der Waals surface area contributed by atoms with E-state index in [1.165, 1.54) is 12.1 Å². The number of hydrogen-bond donors (Lipinski definition) is 0. The van der Waals surface area contributed by atoms with Gasteiger partial charge < -0.3 is 0 Å². The molecule has 0 spiro atoms. The van der Waals surface area contributed by atoms with Gasteiger partial charge in [0.2, 0.25) is 9.84 Å². The van der Waals surface area contributed by atoms with E-state index in [2.05, 4.69) is 0 Å². The molecule has 0 aromatic heterocycles. The van der Waals surface area contributed by atoms with Crippen LogP contribution in [0.4, 0.5) is 5.69 Å². The van der Waals surface area contributed by atoms with Crippen LogP contribution in [0.3, 0.4) is 0 Å². The van der Waals surface area contributed by atoms with Crippen LogP contribution in [0.15, 0.2) is 52.3 Å². The summed E-state index contributed by atoms with van der Waals surface area (Å²) in [4.78, 5) is -0.235. The van der Waals surface area contributed by atoms with Gasteiger partial charge in [0.05, 0.1) is 26.6 Å². The second-order valence-electron chi connectivity index (χ2n) is 3.93. The summed E-state index contributed by atoms with van der Waals surface area (Å²) < 4.78 is 24.8. The number of benzene rings is 2. The molecule has 0 unspecified atom stereocenters. The Hall–Kier alpha value is -2.83. The molecule has 97 valence electrons. The Morgan fingerprint density at radius 1 is 0.950 bits per heavy atom. The monoisotopic (exact) mass is 282 g/mol. The van der Waals surface area contributed by atoms with Crippen LogP contribution in [0.25, 0.3) is 0 Å². The fraction of sp³-hybridized carbons (Fsp3) is 0. The van der Waals surface area contributed by atoms with Gasteiger partial charge in [-0.2, -0.15) is 10.5 Å². The number of nitrogens with zero attached hydrogens (tertiary/aromatic N) is 2. The first-order valence-electron chi connectivity index (χ1n) is 5.50. The smallest absolute Gasteiger partial charge is 0.208 e. The minimum Gasteiger partial charge on any atom is -0.299 e. The van der Waals surface area contributed by atoms with Crippen molar-refractivity contribution in [2.45, 2.75) is 9.79 Å². The van der Waals surface area contributed by atoms with Crippen molar-refractivity contribution in [2.24, 2.45) is 0 Å². The van der Waals surface area contributed by atoms with E-state index < -0.39 is 9.84 Å². The molecule has 1 N–H and O–H groups in total. The van der Waals surface area contributed by atoms with Crippen LogP contribution in [0.2, 0.25) is 0 Å². The van der Waals surface area contributed by atoms with Crippen LogP contribution >= 0.6 is 0 Å². The zero-order chi connectivity index (χ0) is 14.8. The minimum atomic E-state index is -3.88. The summed E-state index contributed by atoms with van der Waals surface area (Å²) in [5.74, 6) is 0. The first-order chi connectivity index (χ1) is 9.50. The van der Waals surface area contributed by atoms with Crippen LogP contribution in [0.1, 0.15) is 11.1 Å². The first kappa shape index (κ1) is 13.6. The van der Waals surface area contributed by atoms with Gasteiger partial charge in [0.15, 0.2) is 0 Å². The largest absolute Gasteiger partial charge is 0.299 e. The van der Waals surface area contributed by atoms with Gasteiger partial charge in [-0.15, -0.1) is 0 Å². The molecule has 1 radical (unpaired) electrons. The highest BCUT2D eigenvalue weighted by atomic mass is 32.2. The van der Waals surface area contributed by atoms with Gasteiger partial charge in [-0.3, -0.25) is 5.73 Å². The fourth-order valence-corrected chi connectivity index (χ4v) is 3.10. The minimum absolute atomic E-state index is 0.00971. The van der Waals surface area contributed by atoms with Crippen molar-refractivity contribution in [1.82, 2.24) is 5.73 Å². The molecule has 0 saturated heterocycles. The van der Waals surface area contributed by atoms with Crippen LogP contribution in [-0.2, 0) is 9.84 Å². The molecule has 0 saturated carbocycles. The molecular formula is C14H8N3O2S. The molecule has 2 aromatic rings. The Kier molecular flexibility index (Phi) is 3.43. The number of nitrogens with one attached hydrogen (secondary N) is 1. The third-order valence-corrected chi connectivity index (χ3v) is 4.51. The summed E-state index contributed by atoms with van der Waals surface area (Å²) in [7, 11) is -3.88. The highest BCUT2D eigenvalue weighted by molar-refractivity contribution is 7.91. The number of rotatable bonds is 2. The normalized spacial score (nSPS) is 10.5. The van der Waals surface area contributed by atoms with Gasteiger partial charge in [-0.25, -0.2) is 8.42 Å². The number of hydrogen-bond acceptors (Lipinski definition) is 4. The Bertz CT molecular complexity index is 844. The molecule has 20 heavy (non-hydrogen) atoms. The lowest BCUT2D eigenvalue weighted by Crippen LogP contribution is -2.04. The molecule has 5 nitrogen and oxygen atoms in total. The lowest BCUT2D eigenvalue weighted by Gasteiger charge is -2.08. The second-order valence-corrected chi connectivity index (χ2v) is 5.85. The SMILES string of the molecule is N#Cc1cc([NH])c(S(=O)(=O)c2ccccc2)cc1C#N. The van der Waals surface area contributed by atoms with Crippen molar-refractivity contribution in [3.63, 3.8) is 0 Å². The van der Waals surface area contributed by atoms with E-state index in [0.717, 1.165) is 12.1 Å². The molecule has 0 aliphatic rings. The van der Waals surface area contributed by atoms with E-state index in [1.807, 2.05) is 0 Å². The van der Waals surface area contributed by atoms with Gasteiger partial charge in [-0.1, -0.05) is 18.2 Å². The Labute approximate surface area is 116 Å². The Morgan fingerprint density at radius 3 is 2.05 bits per heavy atom. The van der Waals surface area contributed by atoms with Gasteiger partial charge in [-0.05, 0) is 24.3 Å². The summed E-state index contributed by atoms with van der Waals surface area (Å²) in [5.41, 5.74) is 7.38. The molecule has 0 amide bonds. The molecule has 0 bridgehead atoms. The fourth-order valence-electron chi connectivity index (χ4n) is 1.71. The van der Waals surface area contributed by atoms with E-state index in [1.54, 1.807) is 30.3 Å². The number of sulfone groups is 1. The zero-order valence-corrected chi connectivity index (χ0v) is 11.0. The Balaban J connectivity index is 2.72. The molecule has 0 aliphatic heterocycles. The quantitative estimate of drug-likeness (QED) is 0.841. The molecule has 0 fully saturated rings. The summed E-state index contributed by atoms with van der Waals surface area (Å²) in [6.07, 6.45) is 0. The molecular weight excluding hydrogens is 274 g/mol. The maximum absolute atomic E-state index is 12.4. The van der Waals surface area contributed by atoms with Crippen LogP contribution in [-0.4, -0.2) is 8.42 Å². The van der Waals surface area contributed by atoms with E-state index >= 15 is 0 Å². The third-order valence-electron chi connectivity index (χ3n) is 2.70. The highest BCUT2D eigenvalue weighted by Crippen LogP contribution is 2.29. The summed E-state index contributed by atoms with van der Waals surface area (Å²) in [6.45, 7) is 0. The van der Waals surface area contributed by atoms with Gasteiger partial charge in [0.1, 0.15) is 12.1 Å². The van der Waals surface area contributed by atoms with E-state index in [-0.39, 0.29) is 26.6 Å². The molecule has 6 heteroatoms. The van der Waals surface area contributed by atoms with Crippen molar-refractivity contribution < 1.29 is 8.42 Å². The first-order valence-corrected chi connectivity index (χ1v) is 6.99. The molecule has 0 aliphatic carbocycles. The standard InChI is InChI=1S/C14H8N3O2S/c15-8-10-6-13(17)14(7-11(10)9-16)20(18,19)12-4-2-1-3-5-12/h1-7,17H. The second kappa shape index (κ2) is 5.04. The van der Waals surface area contributed by atoms with Crippen LogP contribution in [0.5, 0.6) is 0 Å². The van der Waals surface area contributed by atoms with E-state index in [9.17, 15) is 8.42 Å². The molecule has 2 aromatic carbocycles.